The van der Waals surface area contributed by atoms with Crippen molar-refractivity contribution in [3.8, 4) is 5.75 Å². The Morgan fingerprint density at radius 1 is 1.16 bits per heavy atom. The Kier molecular flexibility index (Phi) is 10.2. The first-order valence-electron chi connectivity index (χ1n) is 12.1. The number of esters is 1. The minimum absolute atomic E-state index is 0.00989. The number of aromatic hydroxyl groups is 1. The number of thiazole rings is 1. The molecule has 1 aromatic heterocycles. The van der Waals surface area contributed by atoms with Gasteiger partial charge in [-0.1, -0.05) is 42.5 Å². The van der Waals surface area contributed by atoms with E-state index in [0.29, 0.717) is 5.56 Å². The number of carbonyl (C=O) groups is 2. The molecule has 2 aromatic carbocycles. The zero-order valence-corrected chi connectivity index (χ0v) is 22.4. The number of nitrogens with zero attached hydrogens (tertiary/aromatic N) is 2. The van der Waals surface area contributed by atoms with Gasteiger partial charge in [0.1, 0.15) is 24.1 Å². The number of aliphatic hydroxyl groups is 1. The highest BCUT2D eigenvalue weighted by molar-refractivity contribution is 7.09. The number of nitrogens with one attached hydrogen (secondary N) is 1. The minimum Gasteiger partial charge on any atom is -0.508 e. The van der Waals surface area contributed by atoms with Gasteiger partial charge in [-0.2, -0.15) is 5.01 Å². The van der Waals surface area contributed by atoms with Crippen LogP contribution in [0.2, 0.25) is 0 Å². The Labute approximate surface area is 226 Å². The van der Waals surface area contributed by atoms with E-state index in [1.807, 2.05) is 30.3 Å². The van der Waals surface area contributed by atoms with Crippen LogP contribution in [0.1, 0.15) is 42.9 Å². The topological polar surface area (TPSA) is 147 Å². The van der Waals surface area contributed by atoms with E-state index in [2.05, 4.69) is 10.4 Å². The van der Waals surface area contributed by atoms with Crippen molar-refractivity contribution < 1.29 is 29.3 Å². The number of hydrogen-bond donors (Lipinski definition) is 4. The Bertz CT molecular complexity index is 1170. The Hall–Kier alpha value is -3.51. The number of amides is 1. The predicted molar refractivity (Wildman–Crippen MR) is 143 cm³/mol. The van der Waals surface area contributed by atoms with Crippen LogP contribution in [0.3, 0.4) is 0 Å². The number of aromatic nitrogens is 1. The molecule has 1 amide bonds. The van der Waals surface area contributed by atoms with Crippen molar-refractivity contribution >= 4 is 23.4 Å². The van der Waals surface area contributed by atoms with Crippen molar-refractivity contribution in [1.82, 2.24) is 15.4 Å². The zero-order valence-electron chi connectivity index (χ0n) is 21.6. The summed E-state index contributed by atoms with van der Waals surface area (Å²) in [5, 5.41) is 22.5. The number of rotatable bonds is 11. The van der Waals surface area contributed by atoms with Gasteiger partial charge in [-0.25, -0.2) is 4.79 Å². The number of hydrogen-bond acceptors (Lipinski definition) is 10. The van der Waals surface area contributed by atoms with Gasteiger partial charge >= 0.3 is 12.1 Å². The molecule has 0 aliphatic heterocycles. The molecule has 3 rings (SSSR count). The van der Waals surface area contributed by atoms with Gasteiger partial charge in [-0.15, -0.1) is 11.3 Å². The summed E-state index contributed by atoms with van der Waals surface area (Å²) in [6, 6.07) is 15.5. The quantitative estimate of drug-likeness (QED) is 0.162. The van der Waals surface area contributed by atoms with E-state index in [-0.39, 0.29) is 25.3 Å². The smallest absolute Gasteiger partial charge is 0.422 e. The molecule has 0 saturated heterocycles. The molecule has 0 saturated carbocycles. The van der Waals surface area contributed by atoms with Crippen LogP contribution in [0.25, 0.3) is 0 Å². The van der Waals surface area contributed by atoms with Crippen LogP contribution >= 0.6 is 11.3 Å². The van der Waals surface area contributed by atoms with Gasteiger partial charge in [0.25, 0.3) is 0 Å². The van der Waals surface area contributed by atoms with E-state index in [1.54, 1.807) is 44.6 Å². The summed E-state index contributed by atoms with van der Waals surface area (Å²) >= 11 is 1.36. The predicted octanol–water partition coefficient (Wildman–Crippen LogP) is 3.51. The first kappa shape index (κ1) is 29.1. The standard InChI is InChI=1S/C27H34N4O6S/c1-27(2,3)37-26(35)30-31(24(28)19-10-7-11-20(32)13-19)15-23(33)22(12-18-8-5-4-6-9-18)25(34)36-16-21-14-29-17-38-21/h4-11,13-14,17,22-24,32-33H,12,15-16,28H2,1-3H3,(H,30,35)/t22-,23+,24?/m0/s1. The van der Waals surface area contributed by atoms with Crippen molar-refractivity contribution in [2.24, 2.45) is 11.7 Å². The summed E-state index contributed by atoms with van der Waals surface area (Å²) in [5.74, 6) is -1.58. The third kappa shape index (κ3) is 9.10. The number of carbonyl (C=O) groups excluding carboxylic acids is 2. The van der Waals surface area contributed by atoms with Gasteiger partial charge in [-0.05, 0) is 50.5 Å². The van der Waals surface area contributed by atoms with Crippen LogP contribution in [0.4, 0.5) is 4.79 Å². The molecule has 0 aliphatic rings. The highest BCUT2D eigenvalue weighted by Gasteiger charge is 2.33. The van der Waals surface area contributed by atoms with Gasteiger partial charge in [0, 0.05) is 12.7 Å². The van der Waals surface area contributed by atoms with E-state index in [4.69, 9.17) is 15.2 Å². The highest BCUT2D eigenvalue weighted by Crippen LogP contribution is 2.22. The van der Waals surface area contributed by atoms with Crippen molar-refractivity contribution in [1.29, 1.82) is 0 Å². The van der Waals surface area contributed by atoms with Crippen LogP contribution in [-0.2, 0) is 27.3 Å². The molecule has 0 spiro atoms. The monoisotopic (exact) mass is 542 g/mol. The first-order chi connectivity index (χ1) is 18.0. The maximum atomic E-state index is 13.2. The van der Waals surface area contributed by atoms with Crippen LogP contribution in [0.15, 0.2) is 66.3 Å². The molecule has 1 unspecified atom stereocenters. The Balaban J connectivity index is 1.83. The number of benzene rings is 2. The van der Waals surface area contributed by atoms with Gasteiger partial charge in [0.2, 0.25) is 0 Å². The first-order valence-corrected chi connectivity index (χ1v) is 13.0. The Morgan fingerprint density at radius 2 is 1.89 bits per heavy atom. The second kappa shape index (κ2) is 13.3. The fourth-order valence-electron chi connectivity index (χ4n) is 3.67. The van der Waals surface area contributed by atoms with Crippen LogP contribution in [-0.4, -0.2) is 50.5 Å². The maximum Gasteiger partial charge on any atom is 0.422 e. The molecule has 10 nitrogen and oxygen atoms in total. The molecular formula is C27H34N4O6S. The van der Waals surface area contributed by atoms with Crippen LogP contribution in [0.5, 0.6) is 5.75 Å². The van der Waals surface area contributed by atoms with Gasteiger partial charge in [0.05, 0.1) is 22.4 Å². The van der Waals surface area contributed by atoms with Gasteiger partial charge in [-0.3, -0.25) is 15.2 Å². The minimum atomic E-state index is -1.29. The molecule has 3 aromatic rings. The fourth-order valence-corrected chi connectivity index (χ4v) is 4.18. The molecular weight excluding hydrogens is 508 g/mol. The van der Waals surface area contributed by atoms with Crippen molar-refractivity contribution in [2.45, 2.75) is 51.7 Å². The van der Waals surface area contributed by atoms with Gasteiger partial charge < -0.3 is 25.4 Å². The van der Waals surface area contributed by atoms with Crippen molar-refractivity contribution in [3.63, 3.8) is 0 Å². The average molecular weight is 543 g/mol. The lowest BCUT2D eigenvalue weighted by Gasteiger charge is -2.33. The molecule has 3 atom stereocenters. The fraction of sp³-hybridized carbons (Fsp3) is 0.370. The largest absolute Gasteiger partial charge is 0.508 e. The summed E-state index contributed by atoms with van der Waals surface area (Å²) < 4.78 is 10.9. The van der Waals surface area contributed by atoms with Crippen LogP contribution < -0.4 is 11.2 Å². The Morgan fingerprint density at radius 3 is 2.53 bits per heavy atom. The van der Waals surface area contributed by atoms with Crippen LogP contribution in [0, 0.1) is 5.92 Å². The molecule has 0 aliphatic carbocycles. The molecule has 0 bridgehead atoms. The molecule has 204 valence electrons. The second-order valence-electron chi connectivity index (χ2n) is 9.74. The summed E-state index contributed by atoms with van der Waals surface area (Å²) in [4.78, 5) is 30.5. The molecule has 38 heavy (non-hydrogen) atoms. The summed E-state index contributed by atoms with van der Waals surface area (Å²) in [7, 11) is 0. The molecule has 0 fully saturated rings. The number of nitrogens with two attached hydrogens (primary N) is 1. The van der Waals surface area contributed by atoms with E-state index in [0.717, 1.165) is 10.4 Å². The third-order valence-electron chi connectivity index (χ3n) is 5.47. The normalized spacial score (nSPS) is 13.9. The average Bonchev–Trinajstić information content (AvgIpc) is 3.38. The zero-order chi connectivity index (χ0) is 27.7. The van der Waals surface area contributed by atoms with Crippen molar-refractivity contribution in [3.05, 3.63) is 82.3 Å². The number of ether oxygens (including phenoxy) is 2. The van der Waals surface area contributed by atoms with Crippen molar-refractivity contribution in [2.75, 3.05) is 6.54 Å². The highest BCUT2D eigenvalue weighted by atomic mass is 32.1. The van der Waals surface area contributed by atoms with Gasteiger partial charge in [0.15, 0.2) is 0 Å². The molecule has 0 radical (unpaired) electrons. The summed E-state index contributed by atoms with van der Waals surface area (Å²) in [5.41, 5.74) is 11.2. The summed E-state index contributed by atoms with van der Waals surface area (Å²) in [6.07, 6.45) is -1.24. The number of hydrazine groups is 1. The third-order valence-corrected chi connectivity index (χ3v) is 6.22. The van der Waals surface area contributed by atoms with E-state index in [9.17, 15) is 19.8 Å². The molecule has 1 heterocycles. The lowest BCUT2D eigenvalue weighted by atomic mass is 9.93. The van der Waals surface area contributed by atoms with E-state index < -0.39 is 35.9 Å². The molecule has 11 heteroatoms. The maximum absolute atomic E-state index is 13.2. The molecule has 5 N–H and O–H groups in total. The lowest BCUT2D eigenvalue weighted by Crippen LogP contribution is -2.53. The number of phenolic OH excluding ortho intramolecular Hbond substituents is 1. The van der Waals surface area contributed by atoms with E-state index in [1.165, 1.54) is 28.5 Å². The number of phenols is 1. The van der Waals surface area contributed by atoms with E-state index >= 15 is 0 Å². The summed E-state index contributed by atoms with van der Waals surface area (Å²) in [6.45, 7) is 4.95. The lowest BCUT2D eigenvalue weighted by molar-refractivity contribution is -0.154. The SMILES string of the molecule is CC(C)(C)OC(=O)NN(C[C@@H](O)[C@H](Cc1ccccc1)C(=O)OCc1cncs1)C(N)c1cccc(O)c1. The number of aliphatic hydroxyl groups excluding tert-OH is 1. The second-order valence-corrected chi connectivity index (χ2v) is 10.7.